The average molecular weight is 279 g/mol. The number of hydrogen-bond acceptors (Lipinski definition) is 4. The zero-order valence-electron chi connectivity index (χ0n) is 12.1. The molecule has 110 valence electrons. The molecule has 1 aromatic carbocycles. The van der Waals surface area contributed by atoms with Crippen LogP contribution in [0.5, 0.6) is 5.75 Å². The van der Waals surface area contributed by atoms with Crippen molar-refractivity contribution in [2.24, 2.45) is 0 Å². The molecule has 1 aromatic rings. The van der Waals surface area contributed by atoms with E-state index >= 15 is 0 Å². The quantitative estimate of drug-likeness (QED) is 0.842. The fourth-order valence-electron chi connectivity index (χ4n) is 3.49. The zero-order chi connectivity index (χ0) is 14.3. The van der Waals surface area contributed by atoms with Crippen molar-refractivity contribution >= 4 is 11.4 Å². The van der Waals surface area contributed by atoms with Gasteiger partial charge in [-0.25, -0.2) is 4.39 Å². The normalized spacial score (nSPS) is 26.6. The van der Waals surface area contributed by atoms with Gasteiger partial charge >= 0.3 is 0 Å². The van der Waals surface area contributed by atoms with Crippen molar-refractivity contribution in [3.8, 4) is 5.75 Å². The number of ether oxygens (including phenoxy) is 1. The number of nitrogen functional groups attached to an aromatic ring is 1. The predicted octanol–water partition coefficient (Wildman–Crippen LogP) is 2.09. The van der Waals surface area contributed by atoms with Gasteiger partial charge in [-0.15, -0.1) is 0 Å². The maximum atomic E-state index is 13.7. The molecule has 2 heterocycles. The number of fused-ring (bicyclic) bond motifs is 1. The van der Waals surface area contributed by atoms with Crippen LogP contribution in [0.3, 0.4) is 0 Å². The lowest BCUT2D eigenvalue weighted by Crippen LogP contribution is -2.55. The summed E-state index contributed by atoms with van der Waals surface area (Å²) in [4.78, 5) is 4.85. The van der Waals surface area contributed by atoms with E-state index in [1.807, 2.05) is 0 Å². The number of rotatable bonds is 2. The second-order valence-electron chi connectivity index (χ2n) is 5.84. The number of benzene rings is 1. The molecule has 0 spiro atoms. The van der Waals surface area contributed by atoms with Gasteiger partial charge in [0.2, 0.25) is 0 Å². The second-order valence-corrected chi connectivity index (χ2v) is 5.84. The third kappa shape index (κ3) is 2.20. The van der Waals surface area contributed by atoms with E-state index in [0.717, 1.165) is 18.8 Å². The molecule has 0 bridgehead atoms. The third-order valence-electron chi connectivity index (χ3n) is 4.55. The van der Waals surface area contributed by atoms with Gasteiger partial charge in [0, 0.05) is 37.3 Å². The number of nitrogens with two attached hydrogens (primary N) is 1. The number of hydrogen-bond donors (Lipinski definition) is 1. The first-order valence-corrected chi connectivity index (χ1v) is 7.24. The van der Waals surface area contributed by atoms with Gasteiger partial charge in [0.05, 0.1) is 18.5 Å². The van der Waals surface area contributed by atoms with Crippen LogP contribution in [0.25, 0.3) is 0 Å². The monoisotopic (exact) mass is 279 g/mol. The number of nitrogens with zero attached hydrogens (tertiary/aromatic N) is 2. The number of methoxy groups -OCH3 is 1. The van der Waals surface area contributed by atoms with Crippen LogP contribution in [-0.2, 0) is 0 Å². The van der Waals surface area contributed by atoms with Gasteiger partial charge in [-0.2, -0.15) is 0 Å². The van der Waals surface area contributed by atoms with Gasteiger partial charge in [0.15, 0.2) is 11.6 Å². The van der Waals surface area contributed by atoms with E-state index in [1.54, 1.807) is 6.07 Å². The SMILES string of the molecule is COc1cc(N2CC3CCCN3CC2C)c(N)cc1F. The summed E-state index contributed by atoms with van der Waals surface area (Å²) in [5.41, 5.74) is 7.40. The molecule has 2 atom stereocenters. The molecule has 20 heavy (non-hydrogen) atoms. The molecule has 2 saturated heterocycles. The molecule has 5 heteroatoms. The molecule has 0 aliphatic carbocycles. The lowest BCUT2D eigenvalue weighted by molar-refractivity contribution is 0.203. The molecular formula is C15H22FN3O. The minimum absolute atomic E-state index is 0.259. The van der Waals surface area contributed by atoms with Gasteiger partial charge in [-0.05, 0) is 26.3 Å². The first-order chi connectivity index (χ1) is 9.60. The van der Waals surface area contributed by atoms with E-state index in [4.69, 9.17) is 10.5 Å². The van der Waals surface area contributed by atoms with Crippen LogP contribution in [0, 0.1) is 5.82 Å². The van der Waals surface area contributed by atoms with Crippen molar-refractivity contribution in [3.05, 3.63) is 17.9 Å². The lowest BCUT2D eigenvalue weighted by Gasteiger charge is -2.44. The highest BCUT2D eigenvalue weighted by atomic mass is 19.1. The van der Waals surface area contributed by atoms with Gasteiger partial charge in [-0.1, -0.05) is 0 Å². The van der Waals surface area contributed by atoms with E-state index in [2.05, 4.69) is 16.7 Å². The van der Waals surface area contributed by atoms with E-state index in [1.165, 1.54) is 32.6 Å². The van der Waals surface area contributed by atoms with Crippen LogP contribution in [0.15, 0.2) is 12.1 Å². The molecule has 2 unspecified atom stereocenters. The third-order valence-corrected chi connectivity index (χ3v) is 4.55. The van der Waals surface area contributed by atoms with Crippen LogP contribution < -0.4 is 15.4 Å². The standard InChI is InChI=1S/C15H22FN3O/c1-10-8-18-5-3-4-11(18)9-19(10)14-7-15(20-2)12(16)6-13(14)17/h6-7,10-11H,3-5,8-9,17H2,1-2H3. The summed E-state index contributed by atoms with van der Waals surface area (Å²) < 4.78 is 18.8. The minimum Gasteiger partial charge on any atom is -0.494 e. The number of halogens is 1. The highest BCUT2D eigenvalue weighted by Crippen LogP contribution is 2.35. The first-order valence-electron chi connectivity index (χ1n) is 7.24. The Morgan fingerprint density at radius 1 is 1.35 bits per heavy atom. The van der Waals surface area contributed by atoms with Crippen molar-refractivity contribution in [1.82, 2.24) is 4.90 Å². The Bertz CT molecular complexity index is 508. The van der Waals surface area contributed by atoms with Crippen LogP contribution in [0.1, 0.15) is 19.8 Å². The zero-order valence-corrected chi connectivity index (χ0v) is 12.1. The average Bonchev–Trinajstić information content (AvgIpc) is 2.85. The fourth-order valence-corrected chi connectivity index (χ4v) is 3.49. The van der Waals surface area contributed by atoms with Crippen LogP contribution >= 0.6 is 0 Å². The van der Waals surface area contributed by atoms with Crippen LogP contribution in [-0.4, -0.2) is 43.7 Å². The van der Waals surface area contributed by atoms with Crippen LogP contribution in [0.2, 0.25) is 0 Å². The van der Waals surface area contributed by atoms with Gasteiger partial charge < -0.3 is 15.4 Å². The van der Waals surface area contributed by atoms with Crippen molar-refractivity contribution in [2.45, 2.75) is 31.8 Å². The number of anilines is 2. The Kier molecular flexibility index (Phi) is 3.46. The summed E-state index contributed by atoms with van der Waals surface area (Å²) in [6, 6.07) is 4.07. The summed E-state index contributed by atoms with van der Waals surface area (Å²) in [6.07, 6.45) is 2.51. The fraction of sp³-hybridized carbons (Fsp3) is 0.600. The topological polar surface area (TPSA) is 41.7 Å². The van der Waals surface area contributed by atoms with Crippen molar-refractivity contribution in [1.29, 1.82) is 0 Å². The molecule has 2 aliphatic rings. The predicted molar refractivity (Wildman–Crippen MR) is 78.8 cm³/mol. The Balaban J connectivity index is 1.91. The van der Waals surface area contributed by atoms with Crippen LogP contribution in [0.4, 0.5) is 15.8 Å². The second kappa shape index (κ2) is 5.13. The highest BCUT2D eigenvalue weighted by molar-refractivity contribution is 5.70. The van der Waals surface area contributed by atoms with E-state index in [9.17, 15) is 4.39 Å². The summed E-state index contributed by atoms with van der Waals surface area (Å²) in [5.74, 6) is -0.142. The van der Waals surface area contributed by atoms with Gasteiger partial charge in [0.1, 0.15) is 0 Å². The Hall–Kier alpha value is -1.49. The molecule has 0 amide bonds. The van der Waals surface area contributed by atoms with Crippen molar-refractivity contribution < 1.29 is 9.13 Å². The minimum atomic E-state index is -0.402. The Morgan fingerprint density at radius 2 is 2.15 bits per heavy atom. The van der Waals surface area contributed by atoms with E-state index < -0.39 is 5.82 Å². The maximum absolute atomic E-state index is 13.7. The largest absolute Gasteiger partial charge is 0.494 e. The Morgan fingerprint density at radius 3 is 2.90 bits per heavy atom. The lowest BCUT2D eigenvalue weighted by atomic mass is 10.1. The molecule has 0 saturated carbocycles. The smallest absolute Gasteiger partial charge is 0.167 e. The molecule has 0 radical (unpaired) electrons. The summed E-state index contributed by atoms with van der Waals surface area (Å²) in [6.45, 7) is 5.40. The molecule has 2 aliphatic heterocycles. The molecular weight excluding hydrogens is 257 g/mol. The molecule has 2 fully saturated rings. The van der Waals surface area contributed by atoms with Crippen molar-refractivity contribution in [3.63, 3.8) is 0 Å². The highest BCUT2D eigenvalue weighted by Gasteiger charge is 2.35. The summed E-state index contributed by atoms with van der Waals surface area (Å²) >= 11 is 0. The first kappa shape index (κ1) is 13.5. The van der Waals surface area contributed by atoms with E-state index in [-0.39, 0.29) is 5.75 Å². The molecule has 4 nitrogen and oxygen atoms in total. The molecule has 0 aromatic heterocycles. The maximum Gasteiger partial charge on any atom is 0.167 e. The number of piperazine rings is 1. The Labute approximate surface area is 119 Å². The molecule has 2 N–H and O–H groups in total. The van der Waals surface area contributed by atoms with Crippen molar-refractivity contribution in [2.75, 3.05) is 37.4 Å². The summed E-state index contributed by atoms with van der Waals surface area (Å²) in [5, 5.41) is 0. The van der Waals surface area contributed by atoms with E-state index in [0.29, 0.717) is 17.8 Å². The summed E-state index contributed by atoms with van der Waals surface area (Å²) in [7, 11) is 1.48. The van der Waals surface area contributed by atoms with Gasteiger partial charge in [0.25, 0.3) is 0 Å². The van der Waals surface area contributed by atoms with Gasteiger partial charge in [-0.3, -0.25) is 4.90 Å². The molecule has 3 rings (SSSR count).